The fraction of sp³-hybridized carbons (Fsp3) is 0.350. The first kappa shape index (κ1) is 17.1. The van der Waals surface area contributed by atoms with Crippen molar-refractivity contribution in [3.05, 3.63) is 59.2 Å². The van der Waals surface area contributed by atoms with Gasteiger partial charge in [-0.15, -0.1) is 0 Å². The number of aryl methyl sites for hydroxylation is 3. The quantitative estimate of drug-likeness (QED) is 0.763. The van der Waals surface area contributed by atoms with Gasteiger partial charge < -0.3 is 0 Å². The molecule has 2 amide bonds. The summed E-state index contributed by atoms with van der Waals surface area (Å²) >= 11 is 0. The molecule has 0 saturated carbocycles. The van der Waals surface area contributed by atoms with Crippen LogP contribution in [0.4, 0.5) is 16.2 Å². The van der Waals surface area contributed by atoms with Crippen molar-refractivity contribution < 1.29 is 13.2 Å². The maximum absolute atomic E-state index is 13.3. The van der Waals surface area contributed by atoms with E-state index in [2.05, 4.69) is 0 Å². The highest BCUT2D eigenvalue weighted by Crippen LogP contribution is 2.38. The summed E-state index contributed by atoms with van der Waals surface area (Å²) in [4.78, 5) is 16.6. The number of fused-ring (bicyclic) bond motifs is 1. The van der Waals surface area contributed by atoms with Crippen LogP contribution in [0.15, 0.2) is 42.5 Å². The molecule has 0 aromatic heterocycles. The van der Waals surface area contributed by atoms with Crippen molar-refractivity contribution in [3.8, 4) is 0 Å². The van der Waals surface area contributed by atoms with E-state index in [1.807, 2.05) is 63.2 Å². The van der Waals surface area contributed by atoms with Gasteiger partial charge in [0.25, 0.3) is 0 Å². The van der Waals surface area contributed by atoms with Crippen molar-refractivity contribution in [2.45, 2.75) is 32.9 Å². The largest absolute Gasteiger partial charge is 0.329 e. The molecule has 2 aromatic carbocycles. The lowest BCUT2D eigenvalue weighted by Crippen LogP contribution is -2.38. The van der Waals surface area contributed by atoms with E-state index >= 15 is 0 Å². The maximum atomic E-state index is 13.3. The van der Waals surface area contributed by atoms with E-state index in [9.17, 15) is 13.2 Å². The van der Waals surface area contributed by atoms with Crippen LogP contribution in [-0.4, -0.2) is 38.0 Å². The van der Waals surface area contributed by atoms with E-state index in [0.29, 0.717) is 0 Å². The lowest BCUT2D eigenvalue weighted by molar-refractivity contribution is 0.255. The van der Waals surface area contributed by atoms with Gasteiger partial charge in [-0.2, -0.15) is 0 Å². The highest BCUT2D eigenvalue weighted by molar-refractivity contribution is 7.91. The summed E-state index contributed by atoms with van der Waals surface area (Å²) in [6.07, 6.45) is 0. The monoisotopic (exact) mass is 370 g/mol. The molecule has 0 aliphatic carbocycles. The molecular formula is C20H22N2O3S. The fourth-order valence-electron chi connectivity index (χ4n) is 3.96. The molecule has 2 aromatic rings. The first-order chi connectivity index (χ1) is 12.3. The van der Waals surface area contributed by atoms with Crippen molar-refractivity contribution in [2.24, 2.45) is 0 Å². The number of sulfone groups is 1. The Bertz CT molecular complexity index is 1000. The highest BCUT2D eigenvalue weighted by atomic mass is 32.2. The molecule has 2 saturated heterocycles. The van der Waals surface area contributed by atoms with Crippen molar-refractivity contribution in [1.82, 2.24) is 0 Å². The van der Waals surface area contributed by atoms with E-state index in [1.54, 1.807) is 9.80 Å². The van der Waals surface area contributed by atoms with E-state index in [0.717, 1.165) is 28.1 Å². The summed E-state index contributed by atoms with van der Waals surface area (Å²) in [7, 11) is -3.17. The summed E-state index contributed by atoms with van der Waals surface area (Å²) in [5, 5.41) is 0. The Morgan fingerprint density at radius 1 is 0.846 bits per heavy atom. The minimum Gasteiger partial charge on any atom is -0.288 e. The van der Waals surface area contributed by atoms with Gasteiger partial charge in [0.2, 0.25) is 0 Å². The second-order valence-corrected chi connectivity index (χ2v) is 9.50. The predicted octanol–water partition coefficient (Wildman–Crippen LogP) is 3.22. The zero-order valence-electron chi connectivity index (χ0n) is 15.1. The van der Waals surface area contributed by atoms with Crippen LogP contribution in [0.1, 0.15) is 16.7 Å². The van der Waals surface area contributed by atoms with E-state index in [1.165, 1.54) is 0 Å². The summed E-state index contributed by atoms with van der Waals surface area (Å²) in [5.41, 5.74) is 4.79. The maximum Gasteiger partial charge on any atom is 0.329 e. The number of urea groups is 1. The third-order valence-electron chi connectivity index (χ3n) is 5.42. The molecule has 2 aliphatic heterocycles. The Kier molecular flexibility index (Phi) is 3.84. The smallest absolute Gasteiger partial charge is 0.288 e. The lowest BCUT2D eigenvalue weighted by atomic mass is 10.1. The fourth-order valence-corrected chi connectivity index (χ4v) is 5.88. The number of rotatable bonds is 2. The minimum absolute atomic E-state index is 0.0125. The van der Waals surface area contributed by atoms with Gasteiger partial charge in [-0.3, -0.25) is 9.80 Å². The molecule has 136 valence electrons. The molecule has 0 spiro atoms. The third-order valence-corrected chi connectivity index (χ3v) is 7.12. The molecule has 2 heterocycles. The van der Waals surface area contributed by atoms with Crippen LogP contribution >= 0.6 is 0 Å². The molecular weight excluding hydrogens is 348 g/mol. The zero-order valence-corrected chi connectivity index (χ0v) is 16.0. The molecule has 6 heteroatoms. The molecule has 4 rings (SSSR count). The number of anilines is 2. The average Bonchev–Trinajstić information content (AvgIpc) is 2.99. The Morgan fingerprint density at radius 2 is 1.46 bits per heavy atom. The van der Waals surface area contributed by atoms with Gasteiger partial charge in [0.1, 0.15) is 0 Å². The molecule has 2 aliphatic rings. The summed E-state index contributed by atoms with van der Waals surface area (Å²) in [5.74, 6) is 0.0251. The van der Waals surface area contributed by atoms with Gasteiger partial charge in [0, 0.05) is 11.4 Å². The molecule has 5 nitrogen and oxygen atoms in total. The Balaban J connectivity index is 1.82. The number of carbonyl (C=O) groups excluding carboxylic acids is 1. The van der Waals surface area contributed by atoms with Crippen molar-refractivity contribution >= 4 is 27.2 Å². The van der Waals surface area contributed by atoms with E-state index < -0.39 is 9.84 Å². The van der Waals surface area contributed by atoms with Gasteiger partial charge >= 0.3 is 6.03 Å². The van der Waals surface area contributed by atoms with Crippen LogP contribution in [0.25, 0.3) is 0 Å². The Hall–Kier alpha value is -2.34. The number of amides is 2. The first-order valence-electron chi connectivity index (χ1n) is 8.73. The van der Waals surface area contributed by atoms with Gasteiger partial charge in [0.05, 0.1) is 23.6 Å². The molecule has 0 N–H and O–H groups in total. The molecule has 0 unspecified atom stereocenters. The van der Waals surface area contributed by atoms with Gasteiger partial charge in [-0.05, 0) is 61.7 Å². The summed E-state index contributed by atoms with van der Waals surface area (Å²) in [6, 6.07) is 12.7. The van der Waals surface area contributed by atoms with Crippen LogP contribution in [-0.2, 0) is 9.84 Å². The van der Waals surface area contributed by atoms with Gasteiger partial charge in [-0.25, -0.2) is 13.2 Å². The standard InChI is InChI=1S/C20H22N2O3S/c1-13-5-4-6-16(9-13)21-18-11-26(24,25)12-19(18)22(20(21)23)17-8-7-14(2)15(3)10-17/h4-10,18-19H,11-12H2,1-3H3/t18-,19+/m0/s1. The van der Waals surface area contributed by atoms with Crippen LogP contribution in [0, 0.1) is 20.8 Å². The van der Waals surface area contributed by atoms with E-state index in [4.69, 9.17) is 0 Å². The second kappa shape index (κ2) is 5.84. The third kappa shape index (κ3) is 2.69. The highest BCUT2D eigenvalue weighted by Gasteiger charge is 2.54. The number of hydrogen-bond acceptors (Lipinski definition) is 3. The van der Waals surface area contributed by atoms with Crippen LogP contribution < -0.4 is 9.80 Å². The Labute approximate surface area is 154 Å². The van der Waals surface area contributed by atoms with Crippen LogP contribution in [0.5, 0.6) is 0 Å². The molecule has 2 fully saturated rings. The number of carbonyl (C=O) groups is 1. The first-order valence-corrected chi connectivity index (χ1v) is 10.6. The van der Waals surface area contributed by atoms with Crippen molar-refractivity contribution in [3.63, 3.8) is 0 Å². The molecule has 2 atom stereocenters. The van der Waals surface area contributed by atoms with Crippen LogP contribution in [0.2, 0.25) is 0 Å². The SMILES string of the molecule is Cc1cccc(N2C(=O)N(c3ccc(C)c(C)c3)[C@@H]3CS(=O)(=O)C[C@@H]32)c1. The van der Waals surface area contributed by atoms with Crippen molar-refractivity contribution in [1.29, 1.82) is 0 Å². The average molecular weight is 370 g/mol. The molecule has 0 radical (unpaired) electrons. The summed E-state index contributed by atoms with van der Waals surface area (Å²) in [6.45, 7) is 5.99. The lowest BCUT2D eigenvalue weighted by Gasteiger charge is -2.23. The molecule has 0 bridgehead atoms. The Morgan fingerprint density at radius 3 is 2.04 bits per heavy atom. The van der Waals surface area contributed by atoms with Gasteiger partial charge in [-0.1, -0.05) is 18.2 Å². The van der Waals surface area contributed by atoms with Crippen molar-refractivity contribution in [2.75, 3.05) is 21.3 Å². The van der Waals surface area contributed by atoms with E-state index in [-0.39, 0.29) is 29.6 Å². The number of nitrogens with zero attached hydrogens (tertiary/aromatic N) is 2. The minimum atomic E-state index is -3.17. The number of benzene rings is 2. The second-order valence-electron chi connectivity index (χ2n) is 7.34. The zero-order chi connectivity index (χ0) is 18.6. The van der Waals surface area contributed by atoms with Gasteiger partial charge in [0.15, 0.2) is 9.84 Å². The summed E-state index contributed by atoms with van der Waals surface area (Å²) < 4.78 is 24.7. The molecule has 26 heavy (non-hydrogen) atoms. The topological polar surface area (TPSA) is 57.7 Å². The number of hydrogen-bond donors (Lipinski definition) is 0. The van der Waals surface area contributed by atoms with Crippen LogP contribution in [0.3, 0.4) is 0 Å². The normalized spacial score (nSPS) is 24.2. The predicted molar refractivity (Wildman–Crippen MR) is 104 cm³/mol.